The molecule has 1 aromatic heterocycles. The minimum Gasteiger partial charge on any atom is -0.367 e. The van der Waals surface area contributed by atoms with Gasteiger partial charge >= 0.3 is 0 Å². The largest absolute Gasteiger partial charge is 0.367 e. The third-order valence-electron chi connectivity index (χ3n) is 3.37. The van der Waals surface area contributed by atoms with Gasteiger partial charge in [0.2, 0.25) is 5.95 Å². The molecule has 1 unspecified atom stereocenters. The molecule has 0 amide bonds. The van der Waals surface area contributed by atoms with E-state index in [4.69, 9.17) is 0 Å². The Morgan fingerprint density at radius 2 is 2.06 bits per heavy atom. The van der Waals surface area contributed by atoms with Crippen LogP contribution in [0.4, 0.5) is 10.2 Å². The number of nitrogens with one attached hydrogen (secondary N) is 1. The van der Waals surface area contributed by atoms with E-state index in [1.54, 1.807) is 0 Å². The molecule has 0 aromatic carbocycles. The Hall–Kier alpha value is -1.19. The summed E-state index contributed by atoms with van der Waals surface area (Å²) in [5.74, 6) is 0.797. The first-order chi connectivity index (χ1) is 7.75. The van der Waals surface area contributed by atoms with Gasteiger partial charge in [0.25, 0.3) is 0 Å². The van der Waals surface area contributed by atoms with Gasteiger partial charge in [0, 0.05) is 12.1 Å². The zero-order valence-corrected chi connectivity index (χ0v) is 9.62. The zero-order valence-electron chi connectivity index (χ0n) is 9.62. The minimum absolute atomic E-state index is 0.356. The van der Waals surface area contributed by atoms with Crippen LogP contribution in [0, 0.1) is 11.9 Å². The van der Waals surface area contributed by atoms with Crippen molar-refractivity contribution >= 4 is 5.82 Å². The van der Waals surface area contributed by atoms with Gasteiger partial charge in [0.1, 0.15) is 12.1 Å². The lowest BCUT2D eigenvalue weighted by molar-refractivity contribution is 0.328. The Morgan fingerprint density at radius 3 is 2.75 bits per heavy atom. The second-order valence-corrected chi connectivity index (χ2v) is 4.56. The van der Waals surface area contributed by atoms with Gasteiger partial charge in [-0.3, -0.25) is 0 Å². The van der Waals surface area contributed by atoms with E-state index in [0.29, 0.717) is 17.8 Å². The molecule has 1 fully saturated rings. The van der Waals surface area contributed by atoms with Crippen molar-refractivity contribution in [3.05, 3.63) is 18.3 Å². The van der Waals surface area contributed by atoms with Crippen LogP contribution < -0.4 is 5.32 Å². The van der Waals surface area contributed by atoms with Crippen LogP contribution in [-0.2, 0) is 0 Å². The lowest BCUT2D eigenvalue weighted by Crippen LogP contribution is -2.28. The molecule has 0 radical (unpaired) electrons. The van der Waals surface area contributed by atoms with E-state index in [-0.39, 0.29) is 0 Å². The monoisotopic (exact) mass is 223 g/mol. The highest BCUT2D eigenvalue weighted by Gasteiger charge is 2.20. The fraction of sp³-hybridized carbons (Fsp3) is 0.667. The van der Waals surface area contributed by atoms with E-state index in [0.717, 1.165) is 0 Å². The molecule has 1 saturated carbocycles. The molecule has 4 heteroatoms. The number of anilines is 1. The molecule has 3 nitrogen and oxygen atoms in total. The van der Waals surface area contributed by atoms with Gasteiger partial charge in [-0.25, -0.2) is 9.97 Å². The third-order valence-corrected chi connectivity index (χ3v) is 3.37. The SMILES string of the molecule is CC(Nc1cc(F)ncn1)C1CCCCC1. The molecule has 88 valence electrons. The van der Waals surface area contributed by atoms with Crippen molar-refractivity contribution in [3.63, 3.8) is 0 Å². The molecule has 0 aliphatic heterocycles. The average molecular weight is 223 g/mol. The van der Waals surface area contributed by atoms with Crippen LogP contribution in [0.3, 0.4) is 0 Å². The fourth-order valence-electron chi connectivity index (χ4n) is 2.40. The molecule has 1 aromatic rings. The second kappa shape index (κ2) is 5.23. The predicted octanol–water partition coefficient (Wildman–Crippen LogP) is 3.00. The molecule has 1 heterocycles. The maximum atomic E-state index is 12.9. The van der Waals surface area contributed by atoms with Gasteiger partial charge in [0.05, 0.1) is 0 Å². The van der Waals surface area contributed by atoms with Gasteiger partial charge in [-0.1, -0.05) is 19.3 Å². The van der Waals surface area contributed by atoms with Crippen molar-refractivity contribution in [1.82, 2.24) is 9.97 Å². The van der Waals surface area contributed by atoms with Crippen molar-refractivity contribution in [2.75, 3.05) is 5.32 Å². The van der Waals surface area contributed by atoms with Crippen LogP contribution in [0.15, 0.2) is 12.4 Å². The predicted molar refractivity (Wildman–Crippen MR) is 61.6 cm³/mol. The van der Waals surface area contributed by atoms with Crippen molar-refractivity contribution in [2.24, 2.45) is 5.92 Å². The third kappa shape index (κ3) is 2.90. The normalized spacial score (nSPS) is 19.4. The first-order valence-electron chi connectivity index (χ1n) is 6.00. The standard InChI is InChI=1S/C12H18FN3/c1-9(10-5-3-2-4-6-10)16-12-7-11(13)14-8-15-12/h7-10H,2-6H2,1H3,(H,14,15,16). The molecule has 1 N–H and O–H groups in total. The Bertz CT molecular complexity index is 337. The van der Waals surface area contributed by atoms with Gasteiger partial charge in [-0.2, -0.15) is 4.39 Å². The van der Waals surface area contributed by atoms with Crippen molar-refractivity contribution < 1.29 is 4.39 Å². The summed E-state index contributed by atoms with van der Waals surface area (Å²) < 4.78 is 12.9. The van der Waals surface area contributed by atoms with E-state index in [1.807, 2.05) is 0 Å². The molecule has 0 bridgehead atoms. The molecule has 0 spiro atoms. The Labute approximate surface area is 95.5 Å². The Kier molecular flexibility index (Phi) is 3.70. The quantitative estimate of drug-likeness (QED) is 0.800. The molecule has 1 aliphatic rings. The van der Waals surface area contributed by atoms with Crippen LogP contribution in [0.5, 0.6) is 0 Å². The summed E-state index contributed by atoms with van der Waals surface area (Å²) >= 11 is 0. The van der Waals surface area contributed by atoms with Gasteiger partial charge in [0.15, 0.2) is 0 Å². The first-order valence-corrected chi connectivity index (χ1v) is 6.00. The van der Waals surface area contributed by atoms with Gasteiger partial charge < -0.3 is 5.32 Å². The maximum absolute atomic E-state index is 12.9. The smallest absolute Gasteiger partial charge is 0.217 e. The van der Waals surface area contributed by atoms with E-state index >= 15 is 0 Å². The minimum atomic E-state index is -0.478. The molecule has 1 aliphatic carbocycles. The highest BCUT2D eigenvalue weighted by atomic mass is 19.1. The first kappa shape index (κ1) is 11.3. The van der Waals surface area contributed by atoms with Gasteiger partial charge in [-0.15, -0.1) is 0 Å². The van der Waals surface area contributed by atoms with Crippen LogP contribution >= 0.6 is 0 Å². The van der Waals surface area contributed by atoms with Crippen LogP contribution in [-0.4, -0.2) is 16.0 Å². The summed E-state index contributed by atoms with van der Waals surface area (Å²) in [6.45, 7) is 2.15. The zero-order chi connectivity index (χ0) is 11.4. The molecule has 2 rings (SSSR count). The van der Waals surface area contributed by atoms with E-state index in [2.05, 4.69) is 22.2 Å². The maximum Gasteiger partial charge on any atom is 0.217 e. The number of nitrogens with zero attached hydrogens (tertiary/aromatic N) is 2. The highest BCUT2D eigenvalue weighted by molar-refractivity contribution is 5.33. The summed E-state index contributed by atoms with van der Waals surface area (Å²) in [6.07, 6.45) is 7.77. The summed E-state index contributed by atoms with van der Waals surface area (Å²) in [6, 6.07) is 1.70. The molecule has 16 heavy (non-hydrogen) atoms. The van der Waals surface area contributed by atoms with Crippen molar-refractivity contribution in [3.8, 4) is 0 Å². The lowest BCUT2D eigenvalue weighted by atomic mass is 9.84. The topological polar surface area (TPSA) is 37.8 Å². The van der Waals surface area contributed by atoms with Crippen LogP contribution in [0.25, 0.3) is 0 Å². The lowest BCUT2D eigenvalue weighted by Gasteiger charge is -2.28. The summed E-state index contributed by atoms with van der Waals surface area (Å²) in [5.41, 5.74) is 0. The van der Waals surface area contributed by atoms with E-state index in [9.17, 15) is 4.39 Å². The number of rotatable bonds is 3. The van der Waals surface area contributed by atoms with Crippen molar-refractivity contribution in [2.45, 2.75) is 45.1 Å². The molecular formula is C12H18FN3. The van der Waals surface area contributed by atoms with Crippen molar-refractivity contribution in [1.29, 1.82) is 0 Å². The number of aromatic nitrogens is 2. The fourth-order valence-corrected chi connectivity index (χ4v) is 2.40. The highest BCUT2D eigenvalue weighted by Crippen LogP contribution is 2.27. The van der Waals surface area contributed by atoms with E-state index in [1.165, 1.54) is 44.5 Å². The summed E-state index contributed by atoms with van der Waals surface area (Å²) in [4.78, 5) is 7.45. The average Bonchev–Trinajstić information content (AvgIpc) is 2.30. The molecular weight excluding hydrogens is 205 g/mol. The second-order valence-electron chi connectivity index (χ2n) is 4.56. The molecule has 1 atom stereocenters. The number of hydrogen-bond donors (Lipinski definition) is 1. The Morgan fingerprint density at radius 1 is 1.31 bits per heavy atom. The number of halogens is 1. The van der Waals surface area contributed by atoms with Crippen LogP contribution in [0.1, 0.15) is 39.0 Å². The van der Waals surface area contributed by atoms with E-state index < -0.39 is 5.95 Å². The van der Waals surface area contributed by atoms with Gasteiger partial charge in [-0.05, 0) is 25.7 Å². The number of hydrogen-bond acceptors (Lipinski definition) is 3. The van der Waals surface area contributed by atoms with Crippen LogP contribution in [0.2, 0.25) is 0 Å². The Balaban J connectivity index is 1.93. The summed E-state index contributed by atoms with van der Waals surface area (Å²) in [7, 11) is 0. The summed E-state index contributed by atoms with van der Waals surface area (Å²) in [5, 5.41) is 3.26. The molecule has 0 saturated heterocycles.